The molecule has 31 heavy (non-hydrogen) atoms. The molecule has 4 rings (SSSR count). The summed E-state index contributed by atoms with van der Waals surface area (Å²) < 4.78 is 0. The van der Waals surface area contributed by atoms with Crippen LogP contribution < -0.4 is 5.73 Å². The van der Waals surface area contributed by atoms with Crippen molar-refractivity contribution < 1.29 is 4.79 Å². The van der Waals surface area contributed by atoms with Crippen molar-refractivity contribution in [1.82, 2.24) is 4.90 Å². The van der Waals surface area contributed by atoms with Crippen LogP contribution in [0.15, 0.2) is 59.6 Å². The molecule has 0 saturated heterocycles. The van der Waals surface area contributed by atoms with E-state index in [4.69, 9.17) is 5.73 Å². The summed E-state index contributed by atoms with van der Waals surface area (Å²) in [5, 5.41) is 18.7. The van der Waals surface area contributed by atoms with Crippen LogP contribution in [0.4, 0.5) is 0 Å². The number of benzene rings is 2. The SMILES string of the molecule is CN1C(=O)C[C@@](C)(c2cc(-c3cccc(C#N)c3)c(-c3cccc(C#N)c3)s2)N=C1N. The van der Waals surface area contributed by atoms with Crippen LogP contribution in [0, 0.1) is 22.7 Å². The number of nitrogens with zero attached hydrogens (tertiary/aromatic N) is 4. The number of nitriles is 2. The monoisotopic (exact) mass is 425 g/mol. The van der Waals surface area contributed by atoms with Gasteiger partial charge in [0.15, 0.2) is 5.96 Å². The Morgan fingerprint density at radius 2 is 1.68 bits per heavy atom. The second kappa shape index (κ2) is 7.71. The molecular formula is C24H19N5OS. The van der Waals surface area contributed by atoms with E-state index < -0.39 is 5.54 Å². The lowest BCUT2D eigenvalue weighted by Crippen LogP contribution is -2.47. The van der Waals surface area contributed by atoms with Gasteiger partial charge in [-0.25, -0.2) is 4.99 Å². The molecule has 1 aliphatic heterocycles. The van der Waals surface area contributed by atoms with E-state index in [0.29, 0.717) is 11.1 Å². The summed E-state index contributed by atoms with van der Waals surface area (Å²) in [5.74, 6) is 0.0951. The van der Waals surface area contributed by atoms with Gasteiger partial charge in [0.1, 0.15) is 5.54 Å². The summed E-state index contributed by atoms with van der Waals surface area (Å²) in [6.07, 6.45) is 0.208. The van der Waals surface area contributed by atoms with Gasteiger partial charge >= 0.3 is 0 Å². The molecule has 0 radical (unpaired) electrons. The maximum absolute atomic E-state index is 12.5. The van der Waals surface area contributed by atoms with Crippen LogP contribution in [-0.2, 0) is 10.3 Å². The molecular weight excluding hydrogens is 406 g/mol. The summed E-state index contributed by atoms with van der Waals surface area (Å²) in [5.41, 5.74) is 9.06. The number of carbonyl (C=O) groups is 1. The first-order valence-electron chi connectivity index (χ1n) is 9.62. The average Bonchev–Trinajstić information content (AvgIpc) is 3.24. The van der Waals surface area contributed by atoms with Crippen molar-refractivity contribution >= 4 is 23.2 Å². The molecule has 0 spiro atoms. The largest absolute Gasteiger partial charge is 0.369 e. The average molecular weight is 426 g/mol. The molecule has 1 aromatic heterocycles. The second-order valence-electron chi connectivity index (χ2n) is 7.61. The molecule has 1 amide bonds. The van der Waals surface area contributed by atoms with Crippen LogP contribution in [0.2, 0.25) is 0 Å². The Morgan fingerprint density at radius 3 is 2.29 bits per heavy atom. The van der Waals surface area contributed by atoms with Gasteiger partial charge in [-0.05, 0) is 48.4 Å². The Labute approximate surface area is 184 Å². The maximum Gasteiger partial charge on any atom is 0.231 e. The summed E-state index contributed by atoms with van der Waals surface area (Å²) in [6, 6.07) is 21.2. The minimum absolute atomic E-state index is 0.0931. The topological polar surface area (TPSA) is 106 Å². The molecule has 152 valence electrons. The molecule has 0 aliphatic carbocycles. The van der Waals surface area contributed by atoms with Crippen molar-refractivity contribution in [1.29, 1.82) is 10.5 Å². The number of aliphatic imine (C=N–C) groups is 1. The molecule has 7 heteroatoms. The fourth-order valence-corrected chi connectivity index (χ4v) is 4.89. The highest BCUT2D eigenvalue weighted by Crippen LogP contribution is 2.46. The van der Waals surface area contributed by atoms with Crippen molar-refractivity contribution in [2.45, 2.75) is 18.9 Å². The lowest BCUT2D eigenvalue weighted by atomic mass is 9.92. The number of hydrogen-bond donors (Lipinski definition) is 1. The van der Waals surface area contributed by atoms with Gasteiger partial charge in [0.25, 0.3) is 0 Å². The summed E-state index contributed by atoms with van der Waals surface area (Å²) in [4.78, 5) is 20.3. The zero-order chi connectivity index (χ0) is 22.2. The van der Waals surface area contributed by atoms with Gasteiger partial charge in [-0.1, -0.05) is 24.3 Å². The van der Waals surface area contributed by atoms with Gasteiger partial charge in [0.05, 0.1) is 29.7 Å². The molecule has 0 bridgehead atoms. The van der Waals surface area contributed by atoms with Crippen molar-refractivity contribution in [3.63, 3.8) is 0 Å². The normalized spacial score (nSPS) is 18.3. The first kappa shape index (κ1) is 20.3. The fourth-order valence-electron chi connectivity index (χ4n) is 3.62. The lowest BCUT2D eigenvalue weighted by molar-refractivity contribution is -0.128. The minimum atomic E-state index is -0.787. The molecule has 0 fully saturated rings. The van der Waals surface area contributed by atoms with Crippen molar-refractivity contribution in [3.05, 3.63) is 70.6 Å². The lowest BCUT2D eigenvalue weighted by Gasteiger charge is -2.32. The van der Waals surface area contributed by atoms with E-state index in [1.54, 1.807) is 19.2 Å². The van der Waals surface area contributed by atoms with Crippen LogP contribution in [0.3, 0.4) is 0 Å². The van der Waals surface area contributed by atoms with E-state index in [-0.39, 0.29) is 18.3 Å². The number of guanidine groups is 1. The molecule has 2 heterocycles. The van der Waals surface area contributed by atoms with Crippen molar-refractivity contribution in [2.75, 3.05) is 7.05 Å². The van der Waals surface area contributed by atoms with E-state index in [0.717, 1.165) is 26.4 Å². The highest BCUT2D eigenvalue weighted by atomic mass is 32.1. The molecule has 1 aliphatic rings. The minimum Gasteiger partial charge on any atom is -0.369 e. The maximum atomic E-state index is 12.5. The van der Waals surface area contributed by atoms with Gasteiger partial charge in [0, 0.05) is 22.4 Å². The van der Waals surface area contributed by atoms with Gasteiger partial charge < -0.3 is 5.73 Å². The smallest absolute Gasteiger partial charge is 0.231 e. The molecule has 6 nitrogen and oxygen atoms in total. The van der Waals surface area contributed by atoms with Crippen molar-refractivity contribution in [3.8, 4) is 33.7 Å². The third kappa shape index (κ3) is 3.68. The number of amides is 1. The van der Waals surface area contributed by atoms with E-state index >= 15 is 0 Å². The van der Waals surface area contributed by atoms with E-state index in [2.05, 4.69) is 17.1 Å². The van der Waals surface area contributed by atoms with Gasteiger partial charge in [-0.15, -0.1) is 11.3 Å². The van der Waals surface area contributed by atoms with E-state index in [1.807, 2.05) is 49.4 Å². The van der Waals surface area contributed by atoms with E-state index in [1.165, 1.54) is 16.2 Å². The number of rotatable bonds is 3. The van der Waals surface area contributed by atoms with Gasteiger partial charge in [-0.3, -0.25) is 9.69 Å². The zero-order valence-corrected chi connectivity index (χ0v) is 17.9. The zero-order valence-electron chi connectivity index (χ0n) is 17.1. The van der Waals surface area contributed by atoms with Gasteiger partial charge in [-0.2, -0.15) is 10.5 Å². The molecule has 0 unspecified atom stereocenters. The first-order valence-corrected chi connectivity index (χ1v) is 10.4. The third-order valence-electron chi connectivity index (χ3n) is 5.39. The Hall–Kier alpha value is -3.94. The summed E-state index contributed by atoms with van der Waals surface area (Å²) >= 11 is 1.53. The second-order valence-corrected chi connectivity index (χ2v) is 8.66. The number of carbonyl (C=O) groups excluding carboxylic acids is 1. The van der Waals surface area contributed by atoms with Crippen LogP contribution in [0.5, 0.6) is 0 Å². The van der Waals surface area contributed by atoms with Crippen LogP contribution >= 0.6 is 11.3 Å². The Kier molecular flexibility index (Phi) is 5.06. The van der Waals surface area contributed by atoms with E-state index in [9.17, 15) is 15.3 Å². The number of thiophene rings is 1. The molecule has 3 aromatic rings. The van der Waals surface area contributed by atoms with Crippen LogP contribution in [-0.4, -0.2) is 23.8 Å². The van der Waals surface area contributed by atoms with Crippen LogP contribution in [0.25, 0.3) is 21.6 Å². The van der Waals surface area contributed by atoms with Gasteiger partial charge in [0.2, 0.25) is 5.91 Å². The quantitative estimate of drug-likeness (QED) is 0.678. The summed E-state index contributed by atoms with van der Waals surface area (Å²) in [7, 11) is 1.62. The highest BCUT2D eigenvalue weighted by Gasteiger charge is 2.38. The predicted molar refractivity (Wildman–Crippen MR) is 121 cm³/mol. The Balaban J connectivity index is 1.94. The highest BCUT2D eigenvalue weighted by molar-refractivity contribution is 7.16. The Morgan fingerprint density at radius 1 is 1.06 bits per heavy atom. The molecule has 2 N–H and O–H groups in total. The number of nitrogens with two attached hydrogens (primary N) is 1. The predicted octanol–water partition coefficient (Wildman–Crippen LogP) is 4.22. The molecule has 0 saturated carbocycles. The summed E-state index contributed by atoms with van der Waals surface area (Å²) in [6.45, 7) is 1.90. The Bertz CT molecular complexity index is 1230. The molecule has 1 atom stereocenters. The standard InChI is InChI=1S/C24H19N5OS/c1-24(12-21(30)29(2)23(27)28-24)20-11-19(17-7-3-5-15(9-17)13-25)22(31-20)18-8-4-6-16(10-18)14-26/h3-11H,12H2,1-2H3,(H2,27,28)/t24-/m0/s1. The number of hydrogen-bond acceptors (Lipinski definition) is 6. The third-order valence-corrected chi connectivity index (χ3v) is 6.83. The van der Waals surface area contributed by atoms with Crippen molar-refractivity contribution in [2.24, 2.45) is 10.7 Å². The van der Waals surface area contributed by atoms with Crippen LogP contribution in [0.1, 0.15) is 29.3 Å². The molecule has 2 aromatic carbocycles. The first-order chi connectivity index (χ1) is 14.8. The fraction of sp³-hybridized carbons (Fsp3) is 0.167.